The van der Waals surface area contributed by atoms with Crippen molar-refractivity contribution in [1.29, 1.82) is 0 Å². The molecule has 0 aliphatic carbocycles. The van der Waals surface area contributed by atoms with Crippen LogP contribution in [0.1, 0.15) is 25.8 Å². The van der Waals surface area contributed by atoms with E-state index in [1.54, 1.807) is 19.1 Å². The maximum Gasteiger partial charge on any atom is 0.155 e. The molecule has 0 amide bonds. The molecule has 0 saturated heterocycles. The molecule has 0 aromatic heterocycles. The minimum atomic E-state index is -0.248. The maximum atomic E-state index is 12.6. The summed E-state index contributed by atoms with van der Waals surface area (Å²) in [5.41, 5.74) is 1.76. The van der Waals surface area contributed by atoms with Crippen LogP contribution in [0.4, 0.5) is 4.39 Å². The van der Waals surface area contributed by atoms with Crippen LogP contribution in [0, 0.1) is 5.82 Å². The molecule has 1 aromatic carbocycles. The summed E-state index contributed by atoms with van der Waals surface area (Å²) in [4.78, 5) is 11.3. The molecule has 0 spiro atoms. The van der Waals surface area contributed by atoms with E-state index in [4.69, 9.17) is 0 Å². The Morgan fingerprint density at radius 2 is 1.93 bits per heavy atom. The molecule has 0 radical (unpaired) electrons. The smallest absolute Gasteiger partial charge is 0.155 e. The summed E-state index contributed by atoms with van der Waals surface area (Å²) in [5, 5.41) is 0. The van der Waals surface area contributed by atoms with E-state index in [9.17, 15) is 9.18 Å². The molecule has 1 aromatic rings. The van der Waals surface area contributed by atoms with Crippen LogP contribution in [0.3, 0.4) is 0 Å². The Hall–Kier alpha value is -1.44. The highest BCUT2D eigenvalue weighted by atomic mass is 19.1. The monoisotopic (exact) mass is 206 g/mol. The normalized spacial score (nSPS) is 11.5. The largest absolute Gasteiger partial charge is 0.295 e. The van der Waals surface area contributed by atoms with E-state index in [1.807, 2.05) is 13.0 Å². The van der Waals surface area contributed by atoms with Crippen molar-refractivity contribution in [3.8, 4) is 0 Å². The van der Waals surface area contributed by atoms with Gasteiger partial charge in [-0.2, -0.15) is 0 Å². The number of carbonyl (C=O) groups excluding carboxylic acids is 1. The van der Waals surface area contributed by atoms with Crippen molar-refractivity contribution in [1.82, 2.24) is 0 Å². The quantitative estimate of drug-likeness (QED) is 0.691. The molecule has 0 fully saturated rings. The first kappa shape index (κ1) is 11.6. The molecule has 0 bridgehead atoms. The van der Waals surface area contributed by atoms with Gasteiger partial charge < -0.3 is 0 Å². The minimum Gasteiger partial charge on any atom is -0.295 e. The molecule has 80 valence electrons. The van der Waals surface area contributed by atoms with Gasteiger partial charge in [-0.1, -0.05) is 25.1 Å². The Bertz CT molecular complexity index is 363. The van der Waals surface area contributed by atoms with Gasteiger partial charge in [0.25, 0.3) is 0 Å². The van der Waals surface area contributed by atoms with Gasteiger partial charge in [-0.3, -0.25) is 4.79 Å². The Morgan fingerprint density at radius 1 is 1.33 bits per heavy atom. The third-order valence-corrected chi connectivity index (χ3v) is 2.21. The first-order chi connectivity index (χ1) is 7.13. The molecule has 2 heteroatoms. The maximum absolute atomic E-state index is 12.6. The second-order valence-corrected chi connectivity index (χ2v) is 3.50. The molecule has 0 unspecified atom stereocenters. The Balaban J connectivity index is 2.79. The lowest BCUT2D eigenvalue weighted by Gasteiger charge is -2.03. The lowest BCUT2D eigenvalue weighted by Crippen LogP contribution is -2.00. The fourth-order valence-electron chi connectivity index (χ4n) is 1.41. The second-order valence-electron chi connectivity index (χ2n) is 3.50. The summed E-state index contributed by atoms with van der Waals surface area (Å²) in [7, 11) is 0. The molecule has 15 heavy (non-hydrogen) atoms. The zero-order chi connectivity index (χ0) is 11.3. The van der Waals surface area contributed by atoms with Crippen LogP contribution in [0.5, 0.6) is 0 Å². The first-order valence-electron chi connectivity index (χ1n) is 5.08. The van der Waals surface area contributed by atoms with E-state index in [0.29, 0.717) is 6.42 Å². The molecule has 0 atom stereocenters. The molecule has 1 nitrogen and oxygen atoms in total. The van der Waals surface area contributed by atoms with Crippen molar-refractivity contribution in [3.05, 3.63) is 47.3 Å². The molecule has 0 saturated carbocycles. The van der Waals surface area contributed by atoms with Crippen molar-refractivity contribution in [3.63, 3.8) is 0 Å². The lowest BCUT2D eigenvalue weighted by atomic mass is 10.0. The SMILES string of the molecule is CC/C=C(\Cc1ccc(F)cc1)C(C)=O. The van der Waals surface area contributed by atoms with Gasteiger partial charge in [0.1, 0.15) is 5.82 Å². The summed E-state index contributed by atoms with van der Waals surface area (Å²) in [6, 6.07) is 6.25. The van der Waals surface area contributed by atoms with Gasteiger partial charge in [-0.15, -0.1) is 0 Å². The third kappa shape index (κ3) is 3.66. The highest BCUT2D eigenvalue weighted by molar-refractivity contribution is 5.93. The van der Waals surface area contributed by atoms with Crippen molar-refractivity contribution >= 4 is 5.78 Å². The molecule has 1 rings (SSSR count). The zero-order valence-corrected chi connectivity index (χ0v) is 9.09. The number of hydrogen-bond donors (Lipinski definition) is 0. The van der Waals surface area contributed by atoms with Crippen molar-refractivity contribution in [2.75, 3.05) is 0 Å². The topological polar surface area (TPSA) is 17.1 Å². The summed E-state index contributed by atoms with van der Waals surface area (Å²) in [6.07, 6.45) is 3.35. The first-order valence-corrected chi connectivity index (χ1v) is 5.08. The minimum absolute atomic E-state index is 0.0844. The number of carbonyl (C=O) groups is 1. The van der Waals surface area contributed by atoms with Gasteiger partial charge in [-0.25, -0.2) is 4.39 Å². The van der Waals surface area contributed by atoms with Crippen LogP contribution in [0.15, 0.2) is 35.9 Å². The van der Waals surface area contributed by atoms with E-state index in [-0.39, 0.29) is 11.6 Å². The van der Waals surface area contributed by atoms with Gasteiger partial charge >= 0.3 is 0 Å². The summed E-state index contributed by atoms with van der Waals surface area (Å²) < 4.78 is 12.6. The van der Waals surface area contributed by atoms with Gasteiger partial charge in [-0.05, 0) is 36.6 Å². The van der Waals surface area contributed by atoms with Crippen LogP contribution in [0.2, 0.25) is 0 Å². The van der Waals surface area contributed by atoms with Crippen molar-refractivity contribution in [2.24, 2.45) is 0 Å². The van der Waals surface area contributed by atoms with Crippen LogP contribution in [-0.4, -0.2) is 5.78 Å². The van der Waals surface area contributed by atoms with E-state index >= 15 is 0 Å². The van der Waals surface area contributed by atoms with Gasteiger partial charge in [0.15, 0.2) is 5.78 Å². The standard InChI is InChI=1S/C13H15FO/c1-3-4-12(10(2)15)9-11-5-7-13(14)8-6-11/h4-8H,3,9H2,1-2H3/b12-4+. The van der Waals surface area contributed by atoms with Gasteiger partial charge in [0.2, 0.25) is 0 Å². The summed E-state index contributed by atoms with van der Waals surface area (Å²) in [5.74, 6) is -0.163. The van der Waals surface area contributed by atoms with Crippen LogP contribution in [-0.2, 0) is 11.2 Å². The van der Waals surface area contributed by atoms with Crippen LogP contribution < -0.4 is 0 Å². The summed E-state index contributed by atoms with van der Waals surface area (Å²) in [6.45, 7) is 3.55. The number of allylic oxidation sites excluding steroid dienone is 2. The molecule has 0 aliphatic heterocycles. The van der Waals surface area contributed by atoms with Crippen LogP contribution in [0.25, 0.3) is 0 Å². The molecular weight excluding hydrogens is 191 g/mol. The number of hydrogen-bond acceptors (Lipinski definition) is 1. The zero-order valence-electron chi connectivity index (χ0n) is 9.09. The molecule has 0 aliphatic rings. The van der Waals surface area contributed by atoms with Gasteiger partial charge in [0.05, 0.1) is 0 Å². The predicted molar refractivity (Wildman–Crippen MR) is 59.2 cm³/mol. The van der Waals surface area contributed by atoms with E-state index < -0.39 is 0 Å². The molecule has 0 heterocycles. The second kappa shape index (κ2) is 5.44. The average molecular weight is 206 g/mol. The van der Waals surface area contributed by atoms with E-state index in [2.05, 4.69) is 0 Å². The number of ketones is 1. The Kier molecular flexibility index (Phi) is 4.22. The number of Topliss-reactive ketones (excluding diaryl/α,β-unsaturated/α-hetero) is 1. The van der Waals surface area contributed by atoms with Gasteiger partial charge in [0, 0.05) is 6.42 Å². The fraction of sp³-hybridized carbons (Fsp3) is 0.308. The van der Waals surface area contributed by atoms with Crippen molar-refractivity contribution < 1.29 is 9.18 Å². The third-order valence-electron chi connectivity index (χ3n) is 2.21. The number of halogens is 1. The highest BCUT2D eigenvalue weighted by Gasteiger charge is 2.04. The Morgan fingerprint density at radius 3 is 2.40 bits per heavy atom. The highest BCUT2D eigenvalue weighted by Crippen LogP contribution is 2.10. The summed E-state index contributed by atoms with van der Waals surface area (Å²) >= 11 is 0. The fourth-order valence-corrected chi connectivity index (χ4v) is 1.41. The lowest BCUT2D eigenvalue weighted by molar-refractivity contribution is -0.113. The average Bonchev–Trinajstić information content (AvgIpc) is 2.20. The number of rotatable bonds is 4. The molecule has 0 N–H and O–H groups in total. The van der Waals surface area contributed by atoms with Crippen molar-refractivity contribution in [2.45, 2.75) is 26.7 Å². The predicted octanol–water partition coefficient (Wildman–Crippen LogP) is 3.29. The van der Waals surface area contributed by atoms with E-state index in [0.717, 1.165) is 17.6 Å². The van der Waals surface area contributed by atoms with Crippen LogP contribution >= 0.6 is 0 Å². The molecular formula is C13H15FO. The van der Waals surface area contributed by atoms with E-state index in [1.165, 1.54) is 12.1 Å². The number of benzene rings is 1. The Labute approximate surface area is 89.6 Å².